The average molecular weight is 366 g/mol. The third kappa shape index (κ3) is 4.54. The van der Waals surface area contributed by atoms with Crippen LogP contribution in [0.15, 0.2) is 52.3 Å². The third-order valence-electron chi connectivity index (χ3n) is 2.66. The molecule has 1 heterocycles. The van der Waals surface area contributed by atoms with Crippen molar-refractivity contribution < 1.29 is 14.7 Å². The Kier molecular flexibility index (Phi) is 5.30. The molecule has 108 valence electrons. The SMILES string of the molecule is O=C(/C=C/c1ccc(Br)cc1)NC(C(=O)O)c1cccs1. The highest BCUT2D eigenvalue weighted by Crippen LogP contribution is 2.19. The number of nitrogens with one attached hydrogen (secondary N) is 1. The smallest absolute Gasteiger partial charge is 0.331 e. The Balaban J connectivity index is 2.03. The van der Waals surface area contributed by atoms with E-state index in [1.54, 1.807) is 23.6 Å². The molecule has 0 saturated carbocycles. The zero-order valence-electron chi connectivity index (χ0n) is 10.8. The molecule has 1 amide bonds. The minimum atomic E-state index is -1.08. The number of benzene rings is 1. The van der Waals surface area contributed by atoms with E-state index in [9.17, 15) is 14.7 Å². The van der Waals surface area contributed by atoms with Crippen molar-refractivity contribution in [2.45, 2.75) is 6.04 Å². The van der Waals surface area contributed by atoms with Crippen molar-refractivity contribution in [2.24, 2.45) is 0 Å². The lowest BCUT2D eigenvalue weighted by Crippen LogP contribution is -2.31. The molecular formula is C15H12BrNO3S. The van der Waals surface area contributed by atoms with Crippen LogP contribution in [-0.2, 0) is 9.59 Å². The first-order valence-corrected chi connectivity index (χ1v) is 7.74. The van der Waals surface area contributed by atoms with E-state index in [1.165, 1.54) is 17.4 Å². The monoisotopic (exact) mass is 365 g/mol. The van der Waals surface area contributed by atoms with Gasteiger partial charge in [0.05, 0.1) is 0 Å². The largest absolute Gasteiger partial charge is 0.479 e. The summed E-state index contributed by atoms with van der Waals surface area (Å²) in [6, 6.07) is 9.84. The molecule has 0 radical (unpaired) electrons. The summed E-state index contributed by atoms with van der Waals surface area (Å²) in [6.45, 7) is 0. The molecule has 0 aliphatic heterocycles. The van der Waals surface area contributed by atoms with Crippen LogP contribution in [0.4, 0.5) is 0 Å². The summed E-state index contributed by atoms with van der Waals surface area (Å²) in [7, 11) is 0. The van der Waals surface area contributed by atoms with Gasteiger partial charge in [-0.1, -0.05) is 34.1 Å². The summed E-state index contributed by atoms with van der Waals surface area (Å²) in [4.78, 5) is 23.6. The number of carbonyl (C=O) groups is 2. The molecule has 2 rings (SSSR count). The van der Waals surface area contributed by atoms with Gasteiger partial charge in [0.25, 0.3) is 0 Å². The van der Waals surface area contributed by atoms with Crippen molar-refractivity contribution in [2.75, 3.05) is 0 Å². The maximum absolute atomic E-state index is 11.8. The van der Waals surface area contributed by atoms with Crippen molar-refractivity contribution in [1.29, 1.82) is 0 Å². The van der Waals surface area contributed by atoms with Crippen LogP contribution in [0.25, 0.3) is 6.08 Å². The summed E-state index contributed by atoms with van der Waals surface area (Å²) in [5.74, 6) is -1.53. The molecule has 1 unspecified atom stereocenters. The Hall–Kier alpha value is -1.92. The number of halogens is 1. The number of hydrogen-bond donors (Lipinski definition) is 2. The van der Waals surface area contributed by atoms with E-state index in [2.05, 4.69) is 21.2 Å². The van der Waals surface area contributed by atoms with Gasteiger partial charge in [0.2, 0.25) is 5.91 Å². The van der Waals surface area contributed by atoms with Crippen molar-refractivity contribution in [3.8, 4) is 0 Å². The number of rotatable bonds is 5. The highest BCUT2D eigenvalue weighted by Gasteiger charge is 2.21. The predicted octanol–water partition coefficient (Wildman–Crippen LogP) is 3.47. The standard InChI is InChI=1S/C15H12BrNO3S/c16-11-6-3-10(4-7-11)5-8-13(18)17-14(15(19)20)12-2-1-9-21-12/h1-9,14H,(H,17,18)(H,19,20)/b8-5+. The quantitative estimate of drug-likeness (QED) is 0.797. The summed E-state index contributed by atoms with van der Waals surface area (Å²) in [6.07, 6.45) is 2.96. The fourth-order valence-corrected chi connectivity index (χ4v) is 2.68. The number of carboxylic acid groups (broad SMARTS) is 1. The molecule has 0 spiro atoms. The number of carbonyl (C=O) groups excluding carboxylic acids is 1. The number of hydrogen-bond acceptors (Lipinski definition) is 3. The van der Waals surface area contributed by atoms with Crippen LogP contribution in [0.3, 0.4) is 0 Å². The van der Waals surface area contributed by atoms with E-state index in [1.807, 2.05) is 24.3 Å². The molecule has 2 N–H and O–H groups in total. The van der Waals surface area contributed by atoms with Gasteiger partial charge in [0, 0.05) is 15.4 Å². The fourth-order valence-electron chi connectivity index (χ4n) is 1.65. The molecule has 1 atom stereocenters. The zero-order chi connectivity index (χ0) is 15.2. The van der Waals surface area contributed by atoms with Gasteiger partial charge in [-0.25, -0.2) is 4.79 Å². The Morgan fingerprint density at radius 2 is 1.95 bits per heavy atom. The third-order valence-corrected chi connectivity index (χ3v) is 4.12. The molecule has 21 heavy (non-hydrogen) atoms. The zero-order valence-corrected chi connectivity index (χ0v) is 13.2. The van der Waals surface area contributed by atoms with Gasteiger partial charge in [-0.05, 0) is 35.2 Å². The average Bonchev–Trinajstić information content (AvgIpc) is 2.97. The molecule has 0 aliphatic rings. The first-order valence-electron chi connectivity index (χ1n) is 6.06. The van der Waals surface area contributed by atoms with Crippen LogP contribution >= 0.6 is 27.3 Å². The minimum Gasteiger partial charge on any atom is -0.479 e. The summed E-state index contributed by atoms with van der Waals surface area (Å²) in [5.41, 5.74) is 0.858. The normalized spacial score (nSPS) is 12.2. The maximum atomic E-state index is 11.8. The van der Waals surface area contributed by atoms with Gasteiger partial charge in [-0.15, -0.1) is 11.3 Å². The Bertz CT molecular complexity index is 650. The van der Waals surface area contributed by atoms with Crippen LogP contribution in [0.1, 0.15) is 16.5 Å². The van der Waals surface area contributed by atoms with Gasteiger partial charge >= 0.3 is 5.97 Å². The lowest BCUT2D eigenvalue weighted by Gasteiger charge is -2.11. The lowest BCUT2D eigenvalue weighted by atomic mass is 10.2. The summed E-state index contributed by atoms with van der Waals surface area (Å²) >= 11 is 4.62. The molecule has 4 nitrogen and oxygen atoms in total. The van der Waals surface area contributed by atoms with Crippen molar-refractivity contribution in [3.05, 3.63) is 62.8 Å². The van der Waals surface area contributed by atoms with Crippen LogP contribution in [-0.4, -0.2) is 17.0 Å². The van der Waals surface area contributed by atoms with Crippen molar-refractivity contribution in [3.63, 3.8) is 0 Å². The van der Waals surface area contributed by atoms with Gasteiger partial charge in [-0.2, -0.15) is 0 Å². The molecular weight excluding hydrogens is 354 g/mol. The van der Waals surface area contributed by atoms with Gasteiger partial charge in [0.15, 0.2) is 6.04 Å². The molecule has 0 fully saturated rings. The van der Waals surface area contributed by atoms with Crippen LogP contribution in [0.5, 0.6) is 0 Å². The topological polar surface area (TPSA) is 66.4 Å². The van der Waals surface area contributed by atoms with Gasteiger partial charge in [-0.3, -0.25) is 4.79 Å². The second kappa shape index (κ2) is 7.19. The molecule has 1 aromatic heterocycles. The highest BCUT2D eigenvalue weighted by atomic mass is 79.9. The van der Waals surface area contributed by atoms with Crippen LogP contribution < -0.4 is 5.32 Å². The Morgan fingerprint density at radius 1 is 1.24 bits per heavy atom. The number of carboxylic acids is 1. The predicted molar refractivity (Wildman–Crippen MR) is 86.0 cm³/mol. The van der Waals surface area contributed by atoms with E-state index in [0.29, 0.717) is 4.88 Å². The van der Waals surface area contributed by atoms with E-state index in [-0.39, 0.29) is 0 Å². The first kappa shape index (κ1) is 15.5. The van der Waals surface area contributed by atoms with E-state index < -0.39 is 17.9 Å². The van der Waals surface area contributed by atoms with Gasteiger partial charge < -0.3 is 10.4 Å². The summed E-state index contributed by atoms with van der Waals surface area (Å²) in [5, 5.41) is 13.4. The maximum Gasteiger partial charge on any atom is 0.331 e. The lowest BCUT2D eigenvalue weighted by molar-refractivity contribution is -0.141. The number of thiophene rings is 1. The fraction of sp³-hybridized carbons (Fsp3) is 0.0667. The molecule has 6 heteroatoms. The number of amides is 1. The second-order valence-electron chi connectivity index (χ2n) is 4.18. The summed E-state index contributed by atoms with van der Waals surface area (Å²) < 4.78 is 0.952. The minimum absolute atomic E-state index is 0.446. The van der Waals surface area contributed by atoms with E-state index in [4.69, 9.17) is 0 Å². The first-order chi connectivity index (χ1) is 10.1. The molecule has 0 saturated heterocycles. The van der Waals surface area contributed by atoms with E-state index in [0.717, 1.165) is 10.0 Å². The molecule has 2 aromatic rings. The number of aliphatic carboxylic acids is 1. The second-order valence-corrected chi connectivity index (χ2v) is 6.08. The molecule has 0 bridgehead atoms. The highest BCUT2D eigenvalue weighted by molar-refractivity contribution is 9.10. The van der Waals surface area contributed by atoms with Crippen molar-refractivity contribution in [1.82, 2.24) is 5.32 Å². The van der Waals surface area contributed by atoms with E-state index >= 15 is 0 Å². The Morgan fingerprint density at radius 3 is 2.52 bits per heavy atom. The Labute approximate surface area is 134 Å². The van der Waals surface area contributed by atoms with Crippen molar-refractivity contribution >= 4 is 45.2 Å². The molecule has 0 aliphatic carbocycles. The van der Waals surface area contributed by atoms with Crippen LogP contribution in [0.2, 0.25) is 0 Å². The van der Waals surface area contributed by atoms with Gasteiger partial charge in [0.1, 0.15) is 0 Å². The molecule has 1 aromatic carbocycles. The van der Waals surface area contributed by atoms with Crippen LogP contribution in [0, 0.1) is 0 Å².